The molecule has 9 nitrogen and oxygen atoms in total. The first kappa shape index (κ1) is 30.5. The van der Waals surface area contributed by atoms with Crippen LogP contribution in [-0.2, 0) is 23.9 Å². The highest BCUT2D eigenvalue weighted by Gasteiger charge is 2.48. The van der Waals surface area contributed by atoms with E-state index >= 15 is 0 Å². The van der Waals surface area contributed by atoms with Gasteiger partial charge < -0.3 is 25.0 Å². The van der Waals surface area contributed by atoms with E-state index in [9.17, 15) is 19.2 Å². The van der Waals surface area contributed by atoms with E-state index in [0.717, 1.165) is 23.1 Å². The number of hydrogen-bond donors (Lipinski definition) is 3. The smallest absolute Gasteiger partial charge is 0.408 e. The number of thiol groups is 1. The molecule has 1 aliphatic carbocycles. The number of rotatable bonds is 11. The van der Waals surface area contributed by atoms with Crippen LogP contribution in [0.3, 0.4) is 0 Å². The van der Waals surface area contributed by atoms with Crippen molar-refractivity contribution in [3.63, 3.8) is 0 Å². The standard InChI is InChI=1S/C27H41N3O6S/c1-8-35-21(31)12-13-28-24(32)23(22-16(2)10-9-11-17(22)3)30(20-14-18(20)4)25(33)19(15-37)29-26(34)36-27(5,6)7/h9-11,18-20,23,37H,8,12-15H2,1-7H3,(H,28,32)(H,29,34). The van der Waals surface area contributed by atoms with Crippen molar-refractivity contribution in [1.29, 1.82) is 0 Å². The SMILES string of the molecule is CCOC(=O)CCNC(=O)C(c1c(C)cccc1C)N(C(=O)C(CS)NC(=O)OC(C)(C)C)C1CC1C. The molecule has 1 aliphatic rings. The highest BCUT2D eigenvalue weighted by molar-refractivity contribution is 7.80. The van der Waals surface area contributed by atoms with Gasteiger partial charge in [-0.3, -0.25) is 14.4 Å². The van der Waals surface area contributed by atoms with Crippen molar-refractivity contribution in [3.8, 4) is 0 Å². The van der Waals surface area contributed by atoms with Crippen LogP contribution >= 0.6 is 12.6 Å². The van der Waals surface area contributed by atoms with Gasteiger partial charge in [0.1, 0.15) is 17.7 Å². The number of amides is 3. The number of aryl methyl sites for hydroxylation is 2. The number of nitrogens with one attached hydrogen (secondary N) is 2. The first-order chi connectivity index (χ1) is 17.3. The number of ether oxygens (including phenoxy) is 2. The van der Waals surface area contributed by atoms with Gasteiger partial charge in [0.05, 0.1) is 13.0 Å². The molecule has 4 atom stereocenters. The maximum absolute atomic E-state index is 14.0. The lowest BCUT2D eigenvalue weighted by Gasteiger charge is -2.36. The van der Waals surface area contributed by atoms with E-state index < -0.39 is 41.6 Å². The molecule has 0 radical (unpaired) electrons. The lowest BCUT2D eigenvalue weighted by Crippen LogP contribution is -2.55. The van der Waals surface area contributed by atoms with Gasteiger partial charge in [-0.1, -0.05) is 25.1 Å². The molecule has 2 N–H and O–H groups in total. The van der Waals surface area contributed by atoms with Crippen LogP contribution in [0.4, 0.5) is 4.79 Å². The molecule has 3 amide bonds. The molecule has 4 unspecified atom stereocenters. The molecule has 10 heteroatoms. The number of hydrogen-bond acceptors (Lipinski definition) is 7. The van der Waals surface area contributed by atoms with Gasteiger partial charge in [0.25, 0.3) is 0 Å². The van der Waals surface area contributed by atoms with Crippen molar-refractivity contribution in [2.24, 2.45) is 5.92 Å². The molecular formula is C27H41N3O6S. The van der Waals surface area contributed by atoms with Crippen molar-refractivity contribution in [2.45, 2.75) is 85.0 Å². The zero-order chi connectivity index (χ0) is 27.9. The highest BCUT2D eigenvalue weighted by Crippen LogP contribution is 2.42. The summed E-state index contributed by atoms with van der Waals surface area (Å²) in [4.78, 5) is 53.5. The molecule has 0 aromatic heterocycles. The summed E-state index contributed by atoms with van der Waals surface area (Å²) in [7, 11) is 0. The van der Waals surface area contributed by atoms with Crippen LogP contribution in [0.15, 0.2) is 18.2 Å². The molecule has 1 saturated carbocycles. The van der Waals surface area contributed by atoms with Crippen LogP contribution in [0.2, 0.25) is 0 Å². The van der Waals surface area contributed by atoms with Crippen molar-refractivity contribution in [2.75, 3.05) is 18.9 Å². The van der Waals surface area contributed by atoms with Crippen molar-refractivity contribution >= 4 is 36.5 Å². The Morgan fingerprint density at radius 1 is 1.16 bits per heavy atom. The molecule has 2 rings (SSSR count). The Morgan fingerprint density at radius 2 is 1.76 bits per heavy atom. The molecule has 0 saturated heterocycles. The maximum Gasteiger partial charge on any atom is 0.408 e. The van der Waals surface area contributed by atoms with Crippen LogP contribution in [0, 0.1) is 19.8 Å². The van der Waals surface area contributed by atoms with Gasteiger partial charge >= 0.3 is 12.1 Å². The van der Waals surface area contributed by atoms with E-state index in [0.29, 0.717) is 0 Å². The molecule has 0 heterocycles. The third-order valence-electron chi connectivity index (χ3n) is 6.13. The minimum Gasteiger partial charge on any atom is -0.466 e. The Labute approximate surface area is 225 Å². The normalized spacial score (nSPS) is 18.3. The van der Waals surface area contributed by atoms with Gasteiger partial charge in [-0.2, -0.15) is 12.6 Å². The average Bonchev–Trinajstić information content (AvgIpc) is 3.50. The second-order valence-electron chi connectivity index (χ2n) is 10.5. The van der Waals surface area contributed by atoms with Gasteiger partial charge in [-0.15, -0.1) is 0 Å². The van der Waals surface area contributed by atoms with Gasteiger partial charge in [-0.25, -0.2) is 4.79 Å². The zero-order valence-corrected chi connectivity index (χ0v) is 23.8. The topological polar surface area (TPSA) is 114 Å². The summed E-state index contributed by atoms with van der Waals surface area (Å²) in [6.07, 6.45) is 0.0209. The third kappa shape index (κ3) is 8.66. The summed E-state index contributed by atoms with van der Waals surface area (Å²) in [6.45, 7) is 13.1. The average molecular weight is 536 g/mol. The summed E-state index contributed by atoms with van der Waals surface area (Å²) in [6, 6.07) is 3.56. The number of alkyl carbamates (subject to hydrolysis) is 1. The van der Waals surface area contributed by atoms with E-state index in [1.54, 1.807) is 32.6 Å². The van der Waals surface area contributed by atoms with Gasteiger partial charge in [0, 0.05) is 18.3 Å². The maximum atomic E-state index is 14.0. The molecule has 1 aromatic carbocycles. The monoisotopic (exact) mass is 535 g/mol. The third-order valence-corrected chi connectivity index (χ3v) is 6.49. The summed E-state index contributed by atoms with van der Waals surface area (Å²) in [5.74, 6) is -1.01. The lowest BCUT2D eigenvalue weighted by molar-refractivity contribution is -0.144. The molecule has 0 spiro atoms. The highest BCUT2D eigenvalue weighted by atomic mass is 32.1. The van der Waals surface area contributed by atoms with Crippen molar-refractivity contribution in [1.82, 2.24) is 15.5 Å². The summed E-state index contributed by atoms with van der Waals surface area (Å²) in [5, 5.41) is 5.45. The van der Waals surface area contributed by atoms with Crippen LogP contribution in [-0.4, -0.2) is 65.4 Å². The molecule has 206 valence electrons. The number of nitrogens with zero attached hydrogens (tertiary/aromatic N) is 1. The second kappa shape index (κ2) is 13.2. The first-order valence-electron chi connectivity index (χ1n) is 12.7. The molecular weight excluding hydrogens is 494 g/mol. The molecule has 1 aromatic rings. The minimum atomic E-state index is -0.995. The fourth-order valence-electron chi connectivity index (χ4n) is 4.26. The zero-order valence-electron chi connectivity index (χ0n) is 22.9. The fourth-order valence-corrected chi connectivity index (χ4v) is 4.51. The van der Waals surface area contributed by atoms with E-state index in [4.69, 9.17) is 9.47 Å². The summed E-state index contributed by atoms with van der Waals surface area (Å²) in [5.41, 5.74) is 1.70. The van der Waals surface area contributed by atoms with Crippen molar-refractivity contribution in [3.05, 3.63) is 34.9 Å². The number of carbonyl (C=O) groups is 4. The summed E-state index contributed by atoms with van der Waals surface area (Å²) >= 11 is 4.32. The molecule has 1 fully saturated rings. The Kier molecular flexibility index (Phi) is 10.8. The minimum absolute atomic E-state index is 0.0201. The number of carbonyl (C=O) groups excluding carboxylic acids is 4. The number of esters is 1. The Hall–Kier alpha value is -2.75. The predicted molar refractivity (Wildman–Crippen MR) is 144 cm³/mol. The molecule has 0 aliphatic heterocycles. The predicted octanol–water partition coefficient (Wildman–Crippen LogP) is 3.47. The van der Waals surface area contributed by atoms with E-state index in [-0.39, 0.29) is 37.3 Å². The Balaban J connectivity index is 2.43. The first-order valence-corrected chi connectivity index (χ1v) is 13.4. The lowest BCUT2D eigenvalue weighted by atomic mass is 9.93. The van der Waals surface area contributed by atoms with Crippen LogP contribution in [0.1, 0.15) is 70.2 Å². The quantitative estimate of drug-likeness (QED) is 0.295. The van der Waals surface area contributed by atoms with Gasteiger partial charge in [0.2, 0.25) is 11.8 Å². The Morgan fingerprint density at radius 3 is 2.24 bits per heavy atom. The Bertz CT molecular complexity index is 973. The number of benzene rings is 1. The largest absolute Gasteiger partial charge is 0.466 e. The second-order valence-corrected chi connectivity index (χ2v) is 10.8. The van der Waals surface area contributed by atoms with Gasteiger partial charge in [0.15, 0.2) is 0 Å². The summed E-state index contributed by atoms with van der Waals surface area (Å²) < 4.78 is 10.3. The molecule has 0 bridgehead atoms. The van der Waals surface area contributed by atoms with Crippen molar-refractivity contribution < 1.29 is 28.7 Å². The van der Waals surface area contributed by atoms with Gasteiger partial charge in [-0.05, 0) is 70.6 Å². The van der Waals surface area contributed by atoms with Crippen LogP contribution in [0.5, 0.6) is 0 Å². The van der Waals surface area contributed by atoms with E-state index in [2.05, 4.69) is 23.3 Å². The van der Waals surface area contributed by atoms with E-state index in [1.165, 1.54) is 0 Å². The van der Waals surface area contributed by atoms with Crippen LogP contribution < -0.4 is 10.6 Å². The van der Waals surface area contributed by atoms with E-state index in [1.807, 2.05) is 39.0 Å². The molecule has 37 heavy (non-hydrogen) atoms. The fraction of sp³-hybridized carbons (Fsp3) is 0.630. The van der Waals surface area contributed by atoms with Crippen LogP contribution in [0.25, 0.3) is 0 Å².